The summed E-state index contributed by atoms with van der Waals surface area (Å²) in [4.78, 5) is 15.7. The van der Waals surface area contributed by atoms with Crippen molar-refractivity contribution in [1.29, 1.82) is 0 Å². The van der Waals surface area contributed by atoms with Crippen LogP contribution in [0, 0.1) is 0 Å². The zero-order valence-electron chi connectivity index (χ0n) is 8.61. The molecule has 92 valence electrons. The van der Waals surface area contributed by atoms with Gasteiger partial charge in [-0.05, 0) is 0 Å². The molecule has 8 heteroatoms. The van der Waals surface area contributed by atoms with Gasteiger partial charge in [-0.25, -0.2) is 4.84 Å². The number of carbonyl (C=O) groups is 1. The molecule has 0 saturated carbocycles. The van der Waals surface area contributed by atoms with Gasteiger partial charge in [-0.1, -0.05) is 11.8 Å². The highest BCUT2D eigenvalue weighted by Gasteiger charge is 2.49. The topological polar surface area (TPSA) is 88.5 Å². The summed E-state index contributed by atoms with van der Waals surface area (Å²) in [6, 6.07) is 0. The molecule has 2 aliphatic heterocycles. The van der Waals surface area contributed by atoms with Crippen LogP contribution in [0.4, 0.5) is 0 Å². The Kier molecular flexibility index (Phi) is 3.80. The Balaban J connectivity index is 1.92. The lowest BCUT2D eigenvalue weighted by atomic mass is 10.1. The summed E-state index contributed by atoms with van der Waals surface area (Å²) >= 11 is 1.18. The first kappa shape index (κ1) is 12.2. The van der Waals surface area contributed by atoms with Crippen LogP contribution in [0.3, 0.4) is 0 Å². The molecule has 4 atom stereocenters. The molecule has 0 radical (unpaired) electrons. The van der Waals surface area contributed by atoms with Crippen molar-refractivity contribution in [2.45, 2.75) is 30.5 Å². The molecule has 2 saturated heterocycles. The van der Waals surface area contributed by atoms with E-state index in [-0.39, 0.29) is 34.6 Å². The molecular weight excluding hydrogens is 238 g/mol. The van der Waals surface area contributed by atoms with Gasteiger partial charge in [0.2, 0.25) is 0 Å². The van der Waals surface area contributed by atoms with Crippen molar-refractivity contribution in [2.75, 3.05) is 13.2 Å². The first-order valence-corrected chi connectivity index (χ1v) is 5.71. The Morgan fingerprint density at radius 1 is 1.38 bits per heavy atom. The molecule has 0 spiro atoms. The second-order valence-corrected chi connectivity index (χ2v) is 5.06. The van der Waals surface area contributed by atoms with Crippen LogP contribution >= 0.6 is 11.8 Å². The Morgan fingerprint density at radius 3 is 2.69 bits per heavy atom. The summed E-state index contributed by atoms with van der Waals surface area (Å²) in [6.45, 7) is 2.10. The average Bonchev–Trinajstić information content (AvgIpc) is 2.70. The number of nitrogens with zero attached hydrogens (tertiary/aromatic N) is 1. The second kappa shape index (κ2) is 4.96. The number of hydrogen-bond donors (Lipinski definition) is 2. The van der Waals surface area contributed by atoms with E-state index in [4.69, 9.17) is 19.9 Å². The lowest BCUT2D eigenvalue weighted by Crippen LogP contribution is -2.36. The number of thioether (sulfide) groups is 1. The summed E-state index contributed by atoms with van der Waals surface area (Å²) < 4.78 is 10.9. The van der Waals surface area contributed by atoms with Crippen molar-refractivity contribution in [1.82, 2.24) is 5.39 Å². The van der Waals surface area contributed by atoms with Crippen LogP contribution in [0.1, 0.15) is 6.92 Å². The van der Waals surface area contributed by atoms with Crippen molar-refractivity contribution >= 4 is 16.9 Å². The van der Waals surface area contributed by atoms with E-state index >= 15 is 0 Å². The first-order chi connectivity index (χ1) is 7.58. The zero-order chi connectivity index (χ0) is 11.7. The number of carbonyl (C=O) groups excluding carboxylic acids is 1. The Bertz CT molecular complexity index is 275. The lowest BCUT2D eigenvalue weighted by Gasteiger charge is -2.17. The maximum atomic E-state index is 11.0. The van der Waals surface area contributed by atoms with Crippen molar-refractivity contribution in [3.8, 4) is 0 Å². The van der Waals surface area contributed by atoms with Crippen LogP contribution in [-0.2, 0) is 19.1 Å². The van der Waals surface area contributed by atoms with Gasteiger partial charge < -0.3 is 9.47 Å². The third-order valence-corrected chi connectivity index (χ3v) is 3.55. The Hall–Kier alpha value is -0.220. The monoisotopic (exact) mass is 251 g/mol. The van der Waals surface area contributed by atoms with Crippen LogP contribution in [0.25, 0.3) is 0 Å². The standard InChI is InChI=1S/C8H13NO6S/c1-4(10)16-6-3-14-7-5(15-9(11)12)2-13-8(6)7/h5-8,11-12H,2-3H2,1H3/t5-,6+,7-,8-/m1/s1. The summed E-state index contributed by atoms with van der Waals surface area (Å²) in [6.07, 6.45) is -1.16. The lowest BCUT2D eigenvalue weighted by molar-refractivity contribution is -0.507. The van der Waals surface area contributed by atoms with E-state index in [9.17, 15) is 4.79 Å². The van der Waals surface area contributed by atoms with E-state index in [2.05, 4.69) is 4.84 Å². The molecule has 2 heterocycles. The van der Waals surface area contributed by atoms with Gasteiger partial charge in [0.15, 0.2) is 5.12 Å². The minimum absolute atomic E-state index is 0.00756. The third-order valence-electron chi connectivity index (χ3n) is 2.51. The molecule has 0 aromatic rings. The predicted molar refractivity (Wildman–Crippen MR) is 51.8 cm³/mol. The fraction of sp³-hybridized carbons (Fsp3) is 0.875. The maximum absolute atomic E-state index is 11.0. The quantitative estimate of drug-likeness (QED) is 0.667. The van der Waals surface area contributed by atoms with E-state index in [1.165, 1.54) is 18.7 Å². The second-order valence-electron chi connectivity index (χ2n) is 3.64. The van der Waals surface area contributed by atoms with Crippen LogP contribution in [0.2, 0.25) is 0 Å². The first-order valence-electron chi connectivity index (χ1n) is 4.83. The van der Waals surface area contributed by atoms with Crippen molar-refractivity contribution in [3.63, 3.8) is 0 Å². The number of fused-ring (bicyclic) bond motifs is 1. The Morgan fingerprint density at radius 2 is 2.06 bits per heavy atom. The highest BCUT2D eigenvalue weighted by atomic mass is 32.2. The molecule has 2 fully saturated rings. The normalized spacial score (nSPS) is 38.0. The molecule has 16 heavy (non-hydrogen) atoms. The van der Waals surface area contributed by atoms with E-state index in [1.54, 1.807) is 0 Å². The average molecular weight is 251 g/mol. The van der Waals surface area contributed by atoms with Gasteiger partial charge in [0, 0.05) is 6.92 Å². The van der Waals surface area contributed by atoms with Crippen molar-refractivity contribution in [3.05, 3.63) is 0 Å². The molecular formula is C8H13NO6S. The highest BCUT2D eigenvalue weighted by molar-refractivity contribution is 8.14. The molecule has 7 nitrogen and oxygen atoms in total. The van der Waals surface area contributed by atoms with E-state index < -0.39 is 6.10 Å². The van der Waals surface area contributed by atoms with Gasteiger partial charge >= 0.3 is 0 Å². The highest BCUT2D eigenvalue weighted by Crippen LogP contribution is 2.35. The van der Waals surface area contributed by atoms with Crippen molar-refractivity contribution in [2.24, 2.45) is 0 Å². The fourth-order valence-electron chi connectivity index (χ4n) is 1.95. The van der Waals surface area contributed by atoms with Crippen LogP contribution in [0.5, 0.6) is 0 Å². The van der Waals surface area contributed by atoms with Crippen molar-refractivity contribution < 1.29 is 29.5 Å². The number of rotatable bonds is 3. The summed E-state index contributed by atoms with van der Waals surface area (Å²) in [5.41, 5.74) is 0. The van der Waals surface area contributed by atoms with E-state index in [1.807, 2.05) is 0 Å². The molecule has 0 aromatic heterocycles. The minimum Gasteiger partial charge on any atom is -0.371 e. The number of ether oxygens (including phenoxy) is 2. The van der Waals surface area contributed by atoms with Crippen LogP contribution in [0.15, 0.2) is 0 Å². The van der Waals surface area contributed by atoms with Crippen LogP contribution in [-0.4, -0.2) is 57.7 Å². The van der Waals surface area contributed by atoms with Crippen LogP contribution < -0.4 is 0 Å². The molecule has 2 rings (SSSR count). The minimum atomic E-state index is -0.558. The van der Waals surface area contributed by atoms with Gasteiger partial charge in [0.1, 0.15) is 18.3 Å². The molecule has 0 bridgehead atoms. The summed E-state index contributed by atoms with van der Waals surface area (Å²) in [5.74, 6) is 0. The molecule has 0 unspecified atom stereocenters. The SMILES string of the molecule is CC(=O)S[C@H]1CO[C@H]2[C@@H]1OC[C@H]2ON(O)O. The van der Waals surface area contributed by atoms with Gasteiger partial charge in [0.05, 0.1) is 23.9 Å². The fourth-order valence-corrected chi connectivity index (χ4v) is 2.90. The van der Waals surface area contributed by atoms with Gasteiger partial charge in [0.25, 0.3) is 0 Å². The number of hydrogen-bond acceptors (Lipinski definition) is 8. The third kappa shape index (κ3) is 2.54. The van der Waals surface area contributed by atoms with E-state index in [0.29, 0.717) is 6.61 Å². The van der Waals surface area contributed by atoms with Gasteiger partial charge in [-0.2, -0.15) is 0 Å². The Labute approximate surface area is 96.1 Å². The van der Waals surface area contributed by atoms with Gasteiger partial charge in [-0.15, -0.1) is 0 Å². The van der Waals surface area contributed by atoms with Gasteiger partial charge in [-0.3, -0.25) is 15.2 Å². The molecule has 0 aromatic carbocycles. The smallest absolute Gasteiger partial charge is 0.186 e. The summed E-state index contributed by atoms with van der Waals surface area (Å²) in [5, 5.41) is 16.7. The maximum Gasteiger partial charge on any atom is 0.186 e. The zero-order valence-corrected chi connectivity index (χ0v) is 9.42. The largest absolute Gasteiger partial charge is 0.371 e. The molecule has 2 N–H and O–H groups in total. The summed E-state index contributed by atoms with van der Waals surface area (Å²) in [7, 11) is 0. The molecule has 0 aliphatic carbocycles. The molecule has 0 amide bonds. The predicted octanol–water partition coefficient (Wildman–Crippen LogP) is -0.187. The molecule has 2 aliphatic rings. The van der Waals surface area contributed by atoms with E-state index in [0.717, 1.165) is 0 Å².